The fraction of sp³-hybridized carbons (Fsp3) is 0.500. The summed E-state index contributed by atoms with van der Waals surface area (Å²) >= 11 is 1.41. The lowest BCUT2D eigenvalue weighted by molar-refractivity contribution is 0.100. The van der Waals surface area contributed by atoms with Gasteiger partial charge in [0.1, 0.15) is 0 Å². The second-order valence-corrected chi connectivity index (χ2v) is 4.11. The van der Waals surface area contributed by atoms with E-state index in [1.54, 1.807) is 6.20 Å². The smallest absolute Gasteiger partial charge is 0.204 e. The summed E-state index contributed by atoms with van der Waals surface area (Å²) in [5, 5.41) is 0.513. The van der Waals surface area contributed by atoms with Crippen LogP contribution in [0.25, 0.3) is 0 Å². The van der Waals surface area contributed by atoms with E-state index in [-0.39, 0.29) is 12.3 Å². The van der Waals surface area contributed by atoms with Crippen molar-refractivity contribution in [2.75, 3.05) is 20.6 Å². The van der Waals surface area contributed by atoms with Crippen LogP contribution in [-0.4, -0.2) is 36.3 Å². The number of Topliss-reactive ketones (excluding diaryl/α,β-unsaturated/α-hetero) is 1. The van der Waals surface area contributed by atoms with Crippen molar-refractivity contribution in [1.82, 2.24) is 9.88 Å². The lowest BCUT2D eigenvalue weighted by Crippen LogP contribution is -2.12. The molecule has 5 heteroatoms. The van der Waals surface area contributed by atoms with Gasteiger partial charge in [-0.25, -0.2) is 4.98 Å². The van der Waals surface area contributed by atoms with E-state index in [0.29, 0.717) is 5.01 Å². The SMILES string of the molecule is CN(C)Cc1cnc(C(=O)CN)s1. The molecule has 2 N–H and O–H groups in total. The van der Waals surface area contributed by atoms with Gasteiger partial charge < -0.3 is 10.6 Å². The minimum Gasteiger partial charge on any atom is -0.324 e. The van der Waals surface area contributed by atoms with Crippen LogP contribution in [0.1, 0.15) is 14.7 Å². The molecule has 72 valence electrons. The zero-order chi connectivity index (χ0) is 9.84. The standard InChI is InChI=1S/C8H13N3OS/c1-11(2)5-6-4-10-8(13-6)7(12)3-9/h4H,3,5,9H2,1-2H3. The molecule has 0 saturated heterocycles. The Kier molecular flexibility index (Phi) is 3.53. The number of aromatic nitrogens is 1. The van der Waals surface area contributed by atoms with Crippen LogP contribution >= 0.6 is 11.3 Å². The lowest BCUT2D eigenvalue weighted by atomic mass is 10.4. The molecule has 1 aromatic heterocycles. The number of carbonyl (C=O) groups excluding carboxylic acids is 1. The summed E-state index contributed by atoms with van der Waals surface area (Å²) in [7, 11) is 3.95. The first-order valence-electron chi connectivity index (χ1n) is 3.96. The van der Waals surface area contributed by atoms with Crippen LogP contribution < -0.4 is 5.73 Å². The van der Waals surface area contributed by atoms with Gasteiger partial charge in [-0.15, -0.1) is 11.3 Å². The Balaban J connectivity index is 2.69. The molecule has 0 aliphatic heterocycles. The monoisotopic (exact) mass is 199 g/mol. The second kappa shape index (κ2) is 4.45. The highest BCUT2D eigenvalue weighted by molar-refractivity contribution is 7.13. The van der Waals surface area contributed by atoms with Crippen LogP contribution in [0.5, 0.6) is 0 Å². The molecule has 0 atom stereocenters. The highest BCUT2D eigenvalue weighted by Gasteiger charge is 2.09. The number of hydrogen-bond acceptors (Lipinski definition) is 5. The zero-order valence-electron chi connectivity index (χ0n) is 7.78. The molecule has 4 nitrogen and oxygen atoms in total. The summed E-state index contributed by atoms with van der Waals surface area (Å²) in [6, 6.07) is 0. The summed E-state index contributed by atoms with van der Waals surface area (Å²) in [6.07, 6.45) is 1.73. The molecule has 0 saturated carbocycles. The number of nitrogens with two attached hydrogens (primary N) is 1. The predicted octanol–water partition coefficient (Wildman–Crippen LogP) is 0.346. The highest BCUT2D eigenvalue weighted by atomic mass is 32.1. The quantitative estimate of drug-likeness (QED) is 0.711. The third kappa shape index (κ3) is 2.87. The van der Waals surface area contributed by atoms with Crippen molar-refractivity contribution in [3.05, 3.63) is 16.1 Å². The van der Waals surface area contributed by atoms with Crippen LogP contribution in [0.15, 0.2) is 6.20 Å². The first-order chi connectivity index (χ1) is 6.13. The largest absolute Gasteiger partial charge is 0.324 e. The minimum absolute atomic E-state index is 0.0366. The maximum absolute atomic E-state index is 11.1. The summed E-state index contributed by atoms with van der Waals surface area (Å²) < 4.78 is 0. The third-order valence-electron chi connectivity index (χ3n) is 1.45. The van der Waals surface area contributed by atoms with Crippen molar-refractivity contribution in [1.29, 1.82) is 0 Å². The number of hydrogen-bond donors (Lipinski definition) is 1. The van der Waals surface area contributed by atoms with Gasteiger partial charge in [0.2, 0.25) is 5.78 Å². The van der Waals surface area contributed by atoms with Gasteiger partial charge in [0.25, 0.3) is 0 Å². The van der Waals surface area contributed by atoms with Crippen molar-refractivity contribution >= 4 is 17.1 Å². The van der Waals surface area contributed by atoms with Crippen molar-refractivity contribution in [2.24, 2.45) is 5.73 Å². The van der Waals surface area contributed by atoms with E-state index in [1.807, 2.05) is 19.0 Å². The Labute approximate surface area is 81.4 Å². The molecule has 1 rings (SSSR count). The van der Waals surface area contributed by atoms with Crippen LogP contribution in [0.3, 0.4) is 0 Å². The topological polar surface area (TPSA) is 59.2 Å². The fourth-order valence-electron chi connectivity index (χ4n) is 0.908. The summed E-state index contributed by atoms with van der Waals surface area (Å²) in [4.78, 5) is 18.2. The molecule has 0 amide bonds. The van der Waals surface area contributed by atoms with Crippen molar-refractivity contribution in [3.8, 4) is 0 Å². The number of rotatable bonds is 4. The van der Waals surface area contributed by atoms with E-state index in [9.17, 15) is 4.79 Å². The Bertz CT molecular complexity index is 295. The van der Waals surface area contributed by atoms with Crippen LogP contribution in [0.2, 0.25) is 0 Å². The summed E-state index contributed by atoms with van der Waals surface area (Å²) in [5.74, 6) is -0.0880. The molecule has 0 bridgehead atoms. The van der Waals surface area contributed by atoms with E-state index in [1.165, 1.54) is 11.3 Å². The average molecular weight is 199 g/mol. The van der Waals surface area contributed by atoms with Gasteiger partial charge in [-0.1, -0.05) is 0 Å². The first-order valence-corrected chi connectivity index (χ1v) is 4.78. The second-order valence-electron chi connectivity index (χ2n) is 3.00. The third-order valence-corrected chi connectivity index (χ3v) is 2.47. The van der Waals surface area contributed by atoms with Gasteiger partial charge in [0.15, 0.2) is 5.01 Å². The molecule has 0 spiro atoms. The molecular weight excluding hydrogens is 186 g/mol. The highest BCUT2D eigenvalue weighted by Crippen LogP contribution is 2.14. The van der Waals surface area contributed by atoms with Gasteiger partial charge in [-0.2, -0.15) is 0 Å². The first kappa shape index (κ1) is 10.3. The van der Waals surface area contributed by atoms with E-state index in [0.717, 1.165) is 11.4 Å². The van der Waals surface area contributed by atoms with E-state index >= 15 is 0 Å². The maximum Gasteiger partial charge on any atom is 0.204 e. The number of ketones is 1. The average Bonchev–Trinajstić information content (AvgIpc) is 2.50. The molecule has 1 heterocycles. The fourth-order valence-corrected chi connectivity index (χ4v) is 1.89. The van der Waals surface area contributed by atoms with E-state index < -0.39 is 0 Å². The van der Waals surface area contributed by atoms with E-state index in [4.69, 9.17) is 5.73 Å². The van der Waals surface area contributed by atoms with Crippen LogP contribution in [0, 0.1) is 0 Å². The Morgan fingerprint density at radius 1 is 1.69 bits per heavy atom. The lowest BCUT2D eigenvalue weighted by Gasteiger charge is -2.05. The molecule has 0 unspecified atom stereocenters. The molecule has 0 radical (unpaired) electrons. The molecule has 0 aliphatic carbocycles. The summed E-state index contributed by atoms with van der Waals surface area (Å²) in [6.45, 7) is 0.852. The van der Waals surface area contributed by atoms with Crippen molar-refractivity contribution in [2.45, 2.75) is 6.54 Å². The van der Waals surface area contributed by atoms with Crippen LogP contribution in [0.4, 0.5) is 0 Å². The Morgan fingerprint density at radius 3 is 2.92 bits per heavy atom. The molecule has 1 aromatic rings. The van der Waals surface area contributed by atoms with Crippen molar-refractivity contribution in [3.63, 3.8) is 0 Å². The number of carbonyl (C=O) groups is 1. The normalized spacial score (nSPS) is 10.8. The van der Waals surface area contributed by atoms with Gasteiger partial charge in [-0.05, 0) is 14.1 Å². The maximum atomic E-state index is 11.1. The molecule has 0 fully saturated rings. The van der Waals surface area contributed by atoms with Gasteiger partial charge in [-0.3, -0.25) is 4.79 Å². The van der Waals surface area contributed by atoms with Crippen molar-refractivity contribution < 1.29 is 4.79 Å². The summed E-state index contributed by atoms with van der Waals surface area (Å²) in [5.41, 5.74) is 5.22. The molecular formula is C8H13N3OS. The molecule has 13 heavy (non-hydrogen) atoms. The Hall–Kier alpha value is -0.780. The number of thiazole rings is 1. The van der Waals surface area contributed by atoms with Crippen LogP contribution in [-0.2, 0) is 6.54 Å². The minimum atomic E-state index is -0.0880. The molecule has 0 aliphatic rings. The van der Waals surface area contributed by atoms with Gasteiger partial charge >= 0.3 is 0 Å². The zero-order valence-corrected chi connectivity index (χ0v) is 8.60. The number of nitrogens with zero attached hydrogens (tertiary/aromatic N) is 2. The molecule has 0 aromatic carbocycles. The van der Waals surface area contributed by atoms with E-state index in [2.05, 4.69) is 4.98 Å². The van der Waals surface area contributed by atoms with Gasteiger partial charge in [0, 0.05) is 17.6 Å². The Morgan fingerprint density at radius 2 is 2.38 bits per heavy atom. The predicted molar refractivity (Wildman–Crippen MR) is 52.9 cm³/mol. The van der Waals surface area contributed by atoms with Gasteiger partial charge in [0.05, 0.1) is 6.54 Å².